The van der Waals surface area contributed by atoms with E-state index in [0.29, 0.717) is 23.7 Å². The molecule has 1 aromatic rings. The summed E-state index contributed by atoms with van der Waals surface area (Å²) in [4.78, 5) is 38.7. The van der Waals surface area contributed by atoms with E-state index in [9.17, 15) is 37.1 Å². The molecule has 3 saturated carbocycles. The van der Waals surface area contributed by atoms with Gasteiger partial charge in [0.2, 0.25) is 17.4 Å². The third-order valence-corrected chi connectivity index (χ3v) is 13.6. The molecule has 0 bridgehead atoms. The molecule has 0 heterocycles. The molecule has 4 aliphatic rings. The molecule has 8 atom stereocenters. The number of esters is 2. The van der Waals surface area contributed by atoms with Gasteiger partial charge in [0.05, 0.1) is 26.0 Å². The quantitative estimate of drug-likeness (QED) is 0.0625. The van der Waals surface area contributed by atoms with Crippen LogP contribution < -0.4 is 4.74 Å². The molecular weight excluding hydrogens is 706 g/mol. The summed E-state index contributed by atoms with van der Waals surface area (Å²) in [6.45, 7) is 11.4. The minimum Gasteiger partial charge on any atom is -0.464 e. The van der Waals surface area contributed by atoms with Crippen LogP contribution in [0.15, 0.2) is 17.7 Å². The van der Waals surface area contributed by atoms with Gasteiger partial charge in [-0.25, -0.2) is 13.6 Å². The molecule has 1 N–H and O–H groups in total. The third-order valence-electron chi connectivity index (χ3n) is 13.6. The summed E-state index contributed by atoms with van der Waals surface area (Å²) < 4.78 is 69.8. The van der Waals surface area contributed by atoms with Crippen molar-refractivity contribution in [1.82, 2.24) is 4.90 Å². The number of halogens is 4. The normalized spacial score (nSPS) is 29.4. The zero-order valence-corrected chi connectivity index (χ0v) is 32.6. The van der Waals surface area contributed by atoms with E-state index < -0.39 is 59.9 Å². The average molecular weight is 766 g/mol. The van der Waals surface area contributed by atoms with Crippen LogP contribution in [0.3, 0.4) is 0 Å². The average Bonchev–Trinajstić information content (AvgIpc) is 3.48. The van der Waals surface area contributed by atoms with E-state index >= 15 is 0 Å². The largest absolute Gasteiger partial charge is 0.464 e. The Morgan fingerprint density at radius 2 is 1.61 bits per heavy atom. The first-order valence-corrected chi connectivity index (χ1v) is 20.0. The number of ether oxygens (including phenoxy) is 3. The molecule has 4 aliphatic carbocycles. The summed E-state index contributed by atoms with van der Waals surface area (Å²) in [6.07, 6.45) is 12.9. The van der Waals surface area contributed by atoms with Crippen molar-refractivity contribution in [1.29, 1.82) is 0 Å². The Hall–Kier alpha value is -3.15. The number of hydrogen-bond donors (Lipinski definition) is 1. The molecule has 0 saturated heterocycles. The predicted molar refractivity (Wildman–Crippen MR) is 194 cm³/mol. The molecule has 12 heteroatoms. The highest BCUT2D eigenvalue weighted by molar-refractivity contribution is 5.79. The molecule has 3 fully saturated rings. The number of allylic oxidation sites excluding steroid dienone is 1. The molecule has 1 aromatic carbocycles. The minimum absolute atomic E-state index is 0.0208. The van der Waals surface area contributed by atoms with Crippen LogP contribution in [0.1, 0.15) is 118 Å². The maximum atomic E-state index is 13.8. The van der Waals surface area contributed by atoms with Crippen molar-refractivity contribution in [3.63, 3.8) is 0 Å². The summed E-state index contributed by atoms with van der Waals surface area (Å²) in [5.74, 6) is -6.53. The first kappa shape index (κ1) is 42.0. The third kappa shape index (κ3) is 9.10. The zero-order chi connectivity index (χ0) is 39.4. The van der Waals surface area contributed by atoms with Crippen LogP contribution in [0.5, 0.6) is 5.75 Å². The second-order valence-corrected chi connectivity index (χ2v) is 17.2. The molecule has 0 radical (unpaired) electrons. The lowest BCUT2D eigenvalue weighted by molar-refractivity contribution is -0.147. The number of carbonyl (C=O) groups excluding carboxylic acids is 3. The van der Waals surface area contributed by atoms with Crippen LogP contribution in [0, 0.1) is 69.6 Å². The van der Waals surface area contributed by atoms with E-state index in [4.69, 9.17) is 9.47 Å². The van der Waals surface area contributed by atoms with Gasteiger partial charge in [-0.2, -0.15) is 8.78 Å². The van der Waals surface area contributed by atoms with Crippen LogP contribution in [0.25, 0.3) is 0 Å². The lowest BCUT2D eigenvalue weighted by atomic mass is 9.47. The van der Waals surface area contributed by atoms with Crippen molar-refractivity contribution in [2.45, 2.75) is 124 Å². The van der Waals surface area contributed by atoms with Crippen molar-refractivity contribution in [3.8, 4) is 5.75 Å². The number of aliphatic hydroxyl groups excluding tert-OH is 1. The van der Waals surface area contributed by atoms with Gasteiger partial charge in [-0.3, -0.25) is 9.59 Å². The number of aliphatic hydroxyl groups is 1. The summed E-state index contributed by atoms with van der Waals surface area (Å²) >= 11 is 0. The fourth-order valence-corrected chi connectivity index (χ4v) is 10.7. The topological polar surface area (TPSA) is 102 Å². The van der Waals surface area contributed by atoms with E-state index in [1.165, 1.54) is 55.4 Å². The first-order chi connectivity index (χ1) is 25.6. The van der Waals surface area contributed by atoms with Gasteiger partial charge in [-0.05, 0) is 91.3 Å². The summed E-state index contributed by atoms with van der Waals surface area (Å²) in [5, 5.41) is 9.61. The van der Waals surface area contributed by atoms with Gasteiger partial charge in [-0.15, -0.1) is 0 Å². The monoisotopic (exact) mass is 765 g/mol. The Bertz CT molecular complexity index is 1530. The number of rotatable bonds is 15. The van der Waals surface area contributed by atoms with Gasteiger partial charge in [-0.1, -0.05) is 65.5 Å². The Labute approximate surface area is 317 Å². The van der Waals surface area contributed by atoms with Gasteiger partial charge >= 0.3 is 18.0 Å². The van der Waals surface area contributed by atoms with Crippen molar-refractivity contribution in [2.75, 3.05) is 26.3 Å². The van der Waals surface area contributed by atoms with Crippen molar-refractivity contribution in [3.05, 3.63) is 41.0 Å². The zero-order valence-electron chi connectivity index (χ0n) is 32.6. The Morgan fingerprint density at radius 3 is 2.30 bits per heavy atom. The number of hydrogen-bond acceptors (Lipinski definition) is 7. The first-order valence-electron chi connectivity index (χ1n) is 20.0. The van der Waals surface area contributed by atoms with Gasteiger partial charge in [0, 0.05) is 19.0 Å². The van der Waals surface area contributed by atoms with Gasteiger partial charge in [0.1, 0.15) is 12.7 Å². The van der Waals surface area contributed by atoms with E-state index in [1.807, 2.05) is 0 Å². The molecule has 1 amide bonds. The maximum Gasteiger partial charge on any atom is 0.410 e. The maximum absolute atomic E-state index is 13.8. The van der Waals surface area contributed by atoms with Gasteiger partial charge in [0.25, 0.3) is 0 Å². The lowest BCUT2D eigenvalue weighted by Crippen LogP contribution is -2.51. The number of nitrogens with zero attached hydrogens (tertiary/aromatic N) is 1. The molecule has 0 aliphatic heterocycles. The number of fused-ring (bicyclic) bond motifs is 5. The highest BCUT2D eigenvalue weighted by Gasteiger charge is 2.59. The second-order valence-electron chi connectivity index (χ2n) is 17.2. The van der Waals surface area contributed by atoms with E-state index in [0.717, 1.165) is 42.9 Å². The fourth-order valence-electron chi connectivity index (χ4n) is 10.7. The van der Waals surface area contributed by atoms with Crippen LogP contribution in [-0.4, -0.2) is 60.4 Å². The Balaban J connectivity index is 1.09. The molecule has 0 spiro atoms. The van der Waals surface area contributed by atoms with Crippen LogP contribution in [0.2, 0.25) is 0 Å². The highest BCUT2D eigenvalue weighted by atomic mass is 19.2. The molecule has 0 unspecified atom stereocenters. The SMILES string of the molecule is CC(C)CCC[C@@H](C)[C@H]1CC[C@H]2[C@@H]3CC=C4C[C@@H](OC(=O)N(CCO)CCOC(=O)CCC(=O)Oc5c(F)c(F)cc(F)c5F)CC[C@]4(C)[C@H]3CC[C@]12C. The molecule has 8 nitrogen and oxygen atoms in total. The lowest BCUT2D eigenvalue weighted by Gasteiger charge is -2.58. The Kier molecular flexibility index (Phi) is 13.8. The second kappa shape index (κ2) is 17.8. The number of benzene rings is 1. The van der Waals surface area contributed by atoms with E-state index in [2.05, 4.69) is 45.4 Å². The standard InChI is InChI=1S/C42H59F4NO7/c1-25(2)7-6-8-26(3)30-11-12-31-29-10-9-27-23-28(15-17-41(27,4)32(29)16-18-42(30,31)5)53-40(51)47(19-21-48)20-22-52-35(49)13-14-36(50)54-39-37(45)33(43)24-34(44)38(39)46/h9,24-26,28-32,48H,6-8,10-23H2,1-5H3/t26-,28+,29+,30-,31+,32+,41+,42-/m1/s1. The van der Waals surface area contributed by atoms with E-state index in [-0.39, 0.29) is 43.9 Å². The van der Waals surface area contributed by atoms with Crippen molar-refractivity contribution in [2.24, 2.45) is 46.3 Å². The minimum atomic E-state index is -1.88. The number of amides is 1. The molecule has 54 heavy (non-hydrogen) atoms. The van der Waals surface area contributed by atoms with Crippen molar-refractivity contribution < 1.29 is 51.3 Å². The molecule has 302 valence electrons. The van der Waals surface area contributed by atoms with E-state index in [1.54, 1.807) is 0 Å². The summed E-state index contributed by atoms with van der Waals surface area (Å²) in [7, 11) is 0. The smallest absolute Gasteiger partial charge is 0.410 e. The predicted octanol–water partition coefficient (Wildman–Crippen LogP) is 9.31. The molecule has 0 aromatic heterocycles. The Morgan fingerprint density at radius 1 is 0.907 bits per heavy atom. The van der Waals surface area contributed by atoms with Gasteiger partial charge < -0.3 is 24.2 Å². The van der Waals surface area contributed by atoms with Crippen LogP contribution in [-0.2, 0) is 19.1 Å². The summed E-state index contributed by atoms with van der Waals surface area (Å²) in [5.41, 5.74) is 1.90. The van der Waals surface area contributed by atoms with Crippen LogP contribution >= 0.6 is 0 Å². The van der Waals surface area contributed by atoms with Crippen molar-refractivity contribution >= 4 is 18.0 Å². The number of carbonyl (C=O) groups is 3. The fraction of sp³-hybridized carbons (Fsp3) is 0.738. The summed E-state index contributed by atoms with van der Waals surface area (Å²) in [6, 6.07) is -0.0208. The highest BCUT2D eigenvalue weighted by Crippen LogP contribution is 2.67. The molecule has 5 rings (SSSR count). The van der Waals surface area contributed by atoms with Gasteiger partial charge in [0.15, 0.2) is 11.6 Å². The molecular formula is C42H59F4NO7. The van der Waals surface area contributed by atoms with Crippen LogP contribution in [0.4, 0.5) is 22.4 Å².